The molecule has 0 fully saturated rings. The van der Waals surface area contributed by atoms with Crippen molar-refractivity contribution in [1.82, 2.24) is 4.90 Å². The Morgan fingerprint density at radius 1 is 1.21 bits per heavy atom. The van der Waals surface area contributed by atoms with E-state index in [-0.39, 0.29) is 12.4 Å². The van der Waals surface area contributed by atoms with Gasteiger partial charge in [0.2, 0.25) is 0 Å². The van der Waals surface area contributed by atoms with Gasteiger partial charge in [0.25, 0.3) is 0 Å². The average Bonchev–Trinajstić information content (AvgIpc) is 2.03. The minimum Gasteiger partial charge on any atom is -0.423 e. The predicted molar refractivity (Wildman–Crippen MR) is 60.9 cm³/mol. The second-order valence-electron chi connectivity index (χ2n) is 3.31. The standard InChI is InChI=1S/C9H14BNO2.ClH/c1-11(2)7-8-5-3-4-6-9(8)10(12)13;/h3-6,12-13H,7H2,1-2H3;1H. The molecule has 2 N–H and O–H groups in total. The number of nitrogens with zero attached hydrogens (tertiary/aromatic N) is 1. The zero-order valence-corrected chi connectivity index (χ0v) is 9.16. The van der Waals surface area contributed by atoms with Crippen LogP contribution in [0.25, 0.3) is 0 Å². The predicted octanol–water partition coefficient (Wildman–Crippen LogP) is -0.150. The van der Waals surface area contributed by atoms with Gasteiger partial charge in [0, 0.05) is 6.54 Å². The van der Waals surface area contributed by atoms with Crippen molar-refractivity contribution in [2.45, 2.75) is 6.54 Å². The van der Waals surface area contributed by atoms with Gasteiger partial charge in [-0.3, -0.25) is 0 Å². The molecule has 1 aromatic carbocycles. The van der Waals surface area contributed by atoms with Crippen LogP contribution in [0, 0.1) is 0 Å². The molecule has 78 valence electrons. The van der Waals surface area contributed by atoms with Crippen molar-refractivity contribution in [2.24, 2.45) is 0 Å². The van der Waals surface area contributed by atoms with Crippen LogP contribution in [-0.4, -0.2) is 36.2 Å². The van der Waals surface area contributed by atoms with E-state index in [1.807, 2.05) is 31.1 Å². The summed E-state index contributed by atoms with van der Waals surface area (Å²) in [5.41, 5.74) is 1.53. The Labute approximate surface area is 90.9 Å². The van der Waals surface area contributed by atoms with Gasteiger partial charge in [-0.1, -0.05) is 24.3 Å². The van der Waals surface area contributed by atoms with Crippen LogP contribution in [0.1, 0.15) is 5.56 Å². The van der Waals surface area contributed by atoms with Gasteiger partial charge in [0.05, 0.1) is 0 Å². The van der Waals surface area contributed by atoms with Crippen LogP contribution in [0.15, 0.2) is 24.3 Å². The smallest absolute Gasteiger partial charge is 0.423 e. The second-order valence-corrected chi connectivity index (χ2v) is 3.31. The number of benzene rings is 1. The summed E-state index contributed by atoms with van der Waals surface area (Å²) in [4.78, 5) is 1.99. The minimum atomic E-state index is -1.38. The molecule has 0 spiro atoms. The van der Waals surface area contributed by atoms with Crippen LogP contribution in [-0.2, 0) is 6.54 Å². The Hall–Kier alpha value is -0.545. The molecular weight excluding hydrogens is 200 g/mol. The Morgan fingerprint density at radius 2 is 1.79 bits per heavy atom. The van der Waals surface area contributed by atoms with Crippen LogP contribution < -0.4 is 5.46 Å². The zero-order chi connectivity index (χ0) is 9.84. The molecule has 1 rings (SSSR count). The largest absolute Gasteiger partial charge is 0.488 e. The van der Waals surface area contributed by atoms with E-state index in [1.54, 1.807) is 12.1 Å². The highest BCUT2D eigenvalue weighted by molar-refractivity contribution is 6.59. The molecule has 0 radical (unpaired) electrons. The van der Waals surface area contributed by atoms with E-state index in [4.69, 9.17) is 10.0 Å². The van der Waals surface area contributed by atoms with Crippen molar-refractivity contribution in [1.29, 1.82) is 0 Å². The topological polar surface area (TPSA) is 43.7 Å². The molecule has 0 amide bonds. The third kappa shape index (κ3) is 3.68. The van der Waals surface area contributed by atoms with Gasteiger partial charge < -0.3 is 14.9 Å². The lowest BCUT2D eigenvalue weighted by Crippen LogP contribution is -2.34. The highest BCUT2D eigenvalue weighted by Crippen LogP contribution is 1.99. The molecule has 0 aliphatic heterocycles. The fourth-order valence-electron chi connectivity index (χ4n) is 1.27. The maximum absolute atomic E-state index is 9.05. The minimum absolute atomic E-state index is 0. The fourth-order valence-corrected chi connectivity index (χ4v) is 1.27. The van der Waals surface area contributed by atoms with Crippen molar-refractivity contribution >= 4 is 25.0 Å². The molecule has 0 bridgehead atoms. The third-order valence-corrected chi connectivity index (χ3v) is 1.82. The molecule has 0 aromatic heterocycles. The molecule has 0 heterocycles. The van der Waals surface area contributed by atoms with E-state index in [9.17, 15) is 0 Å². The molecule has 0 unspecified atom stereocenters. The van der Waals surface area contributed by atoms with Crippen LogP contribution in [0.4, 0.5) is 0 Å². The normalized spacial score (nSPS) is 9.79. The summed E-state index contributed by atoms with van der Waals surface area (Å²) in [6, 6.07) is 7.32. The van der Waals surface area contributed by atoms with Gasteiger partial charge in [-0.2, -0.15) is 0 Å². The quantitative estimate of drug-likeness (QED) is 0.689. The second kappa shape index (κ2) is 6.04. The molecule has 0 saturated heterocycles. The maximum Gasteiger partial charge on any atom is 0.488 e. The summed E-state index contributed by atoms with van der Waals surface area (Å²) >= 11 is 0. The van der Waals surface area contributed by atoms with Gasteiger partial charge >= 0.3 is 7.12 Å². The first-order valence-electron chi connectivity index (χ1n) is 4.20. The first kappa shape index (κ1) is 13.5. The zero-order valence-electron chi connectivity index (χ0n) is 8.34. The van der Waals surface area contributed by atoms with Gasteiger partial charge in [-0.25, -0.2) is 0 Å². The Bertz CT molecular complexity index is 281. The van der Waals surface area contributed by atoms with Crippen molar-refractivity contribution in [2.75, 3.05) is 14.1 Å². The first-order chi connectivity index (χ1) is 6.11. The molecule has 0 aliphatic rings. The van der Waals surface area contributed by atoms with Crippen molar-refractivity contribution in [3.8, 4) is 0 Å². The first-order valence-corrected chi connectivity index (χ1v) is 4.20. The van der Waals surface area contributed by atoms with E-state index in [0.29, 0.717) is 12.0 Å². The number of halogens is 1. The lowest BCUT2D eigenvalue weighted by molar-refractivity contribution is 0.399. The van der Waals surface area contributed by atoms with Crippen LogP contribution in [0.2, 0.25) is 0 Å². The van der Waals surface area contributed by atoms with E-state index in [1.165, 1.54) is 0 Å². The molecule has 5 heteroatoms. The Kier molecular flexibility index (Phi) is 5.80. The number of rotatable bonds is 3. The molecule has 14 heavy (non-hydrogen) atoms. The molecular formula is C9H15BClNO2. The molecule has 1 aromatic rings. The SMILES string of the molecule is CN(C)Cc1ccccc1B(O)O.Cl. The highest BCUT2D eigenvalue weighted by Gasteiger charge is 2.14. The number of hydrogen-bond donors (Lipinski definition) is 2. The summed E-state index contributed by atoms with van der Waals surface area (Å²) in [5, 5.41) is 18.1. The molecule has 0 aliphatic carbocycles. The van der Waals surface area contributed by atoms with Crippen molar-refractivity contribution in [3.63, 3.8) is 0 Å². The summed E-state index contributed by atoms with van der Waals surface area (Å²) in [5.74, 6) is 0. The lowest BCUT2D eigenvalue weighted by atomic mass is 9.77. The van der Waals surface area contributed by atoms with E-state index in [0.717, 1.165) is 5.56 Å². The van der Waals surface area contributed by atoms with Crippen LogP contribution in [0.3, 0.4) is 0 Å². The van der Waals surface area contributed by atoms with E-state index in [2.05, 4.69) is 0 Å². The third-order valence-electron chi connectivity index (χ3n) is 1.82. The van der Waals surface area contributed by atoms with Crippen LogP contribution >= 0.6 is 12.4 Å². The summed E-state index contributed by atoms with van der Waals surface area (Å²) in [6.45, 7) is 0.716. The van der Waals surface area contributed by atoms with Gasteiger partial charge in [-0.15, -0.1) is 12.4 Å². The van der Waals surface area contributed by atoms with Gasteiger partial charge in [0.15, 0.2) is 0 Å². The monoisotopic (exact) mass is 215 g/mol. The van der Waals surface area contributed by atoms with Gasteiger partial charge in [-0.05, 0) is 25.1 Å². The molecule has 0 atom stereocenters. The lowest BCUT2D eigenvalue weighted by Gasteiger charge is -2.13. The average molecular weight is 215 g/mol. The molecule has 3 nitrogen and oxygen atoms in total. The number of hydrogen-bond acceptors (Lipinski definition) is 3. The van der Waals surface area contributed by atoms with Crippen molar-refractivity contribution < 1.29 is 10.0 Å². The Morgan fingerprint density at radius 3 is 2.29 bits per heavy atom. The van der Waals surface area contributed by atoms with E-state index < -0.39 is 7.12 Å². The molecule has 0 saturated carbocycles. The highest BCUT2D eigenvalue weighted by atomic mass is 35.5. The summed E-state index contributed by atoms with van der Waals surface area (Å²) in [7, 11) is 2.51. The van der Waals surface area contributed by atoms with Crippen molar-refractivity contribution in [3.05, 3.63) is 29.8 Å². The van der Waals surface area contributed by atoms with Gasteiger partial charge in [0.1, 0.15) is 0 Å². The van der Waals surface area contributed by atoms with Crippen LogP contribution in [0.5, 0.6) is 0 Å². The maximum atomic E-state index is 9.05. The Balaban J connectivity index is 0.00000169. The fraction of sp³-hybridized carbons (Fsp3) is 0.333. The van der Waals surface area contributed by atoms with E-state index >= 15 is 0 Å². The summed E-state index contributed by atoms with van der Waals surface area (Å²) in [6.07, 6.45) is 0. The summed E-state index contributed by atoms with van der Waals surface area (Å²) < 4.78 is 0.